The minimum atomic E-state index is -0.497. The van der Waals surface area contributed by atoms with Gasteiger partial charge in [0.1, 0.15) is 5.82 Å². The van der Waals surface area contributed by atoms with Gasteiger partial charge in [-0.05, 0) is 23.8 Å². The zero-order valence-electron chi connectivity index (χ0n) is 11.9. The van der Waals surface area contributed by atoms with Crippen molar-refractivity contribution in [3.05, 3.63) is 69.5 Å². The number of carbonyl (C=O) groups excluding carboxylic acids is 1. The fourth-order valence-corrected chi connectivity index (χ4v) is 3.02. The van der Waals surface area contributed by atoms with Gasteiger partial charge in [0.25, 0.3) is 0 Å². The van der Waals surface area contributed by atoms with E-state index in [-0.39, 0.29) is 22.2 Å². The molecule has 1 N–H and O–H groups in total. The summed E-state index contributed by atoms with van der Waals surface area (Å²) >= 11 is 13.3. The molecular weight excluding hydrogens is 358 g/mol. The van der Waals surface area contributed by atoms with E-state index in [1.807, 2.05) is 18.2 Å². The van der Waals surface area contributed by atoms with Crippen molar-refractivity contribution in [2.24, 2.45) is 5.10 Å². The molecule has 0 atom stereocenters. The number of rotatable bonds is 6. The number of nitrogens with one attached hydrogen (secondary N) is 1. The fraction of sp³-hybridized carbons (Fsp3) is 0.125. The van der Waals surface area contributed by atoms with Crippen LogP contribution in [-0.2, 0) is 10.5 Å². The second-order valence-corrected chi connectivity index (χ2v) is 6.31. The summed E-state index contributed by atoms with van der Waals surface area (Å²) in [4.78, 5) is 11.7. The first-order chi connectivity index (χ1) is 11.1. The highest BCUT2D eigenvalue weighted by atomic mass is 35.5. The minimum absolute atomic E-state index is 0.137. The monoisotopic (exact) mass is 370 g/mol. The molecule has 0 radical (unpaired) electrons. The van der Waals surface area contributed by atoms with Gasteiger partial charge < -0.3 is 0 Å². The Balaban J connectivity index is 1.79. The summed E-state index contributed by atoms with van der Waals surface area (Å²) in [7, 11) is 0. The van der Waals surface area contributed by atoms with Crippen LogP contribution in [0, 0.1) is 5.82 Å². The number of halogens is 3. The van der Waals surface area contributed by atoms with E-state index in [1.54, 1.807) is 12.1 Å². The molecule has 0 heterocycles. The summed E-state index contributed by atoms with van der Waals surface area (Å²) in [5.41, 5.74) is 3.44. The van der Waals surface area contributed by atoms with Crippen LogP contribution in [0.15, 0.2) is 47.6 Å². The quantitative estimate of drug-likeness (QED) is 0.599. The van der Waals surface area contributed by atoms with Gasteiger partial charge in [0.2, 0.25) is 5.91 Å². The van der Waals surface area contributed by atoms with Gasteiger partial charge in [-0.25, -0.2) is 9.82 Å². The topological polar surface area (TPSA) is 41.5 Å². The number of amides is 1. The van der Waals surface area contributed by atoms with Crippen molar-refractivity contribution in [3.8, 4) is 0 Å². The molecule has 3 nitrogen and oxygen atoms in total. The van der Waals surface area contributed by atoms with Crippen molar-refractivity contribution in [3.63, 3.8) is 0 Å². The van der Waals surface area contributed by atoms with Gasteiger partial charge in [-0.1, -0.05) is 47.5 Å². The van der Waals surface area contributed by atoms with Crippen LogP contribution in [0.25, 0.3) is 0 Å². The molecule has 0 spiro atoms. The number of hydrogen-bond donors (Lipinski definition) is 1. The predicted octanol–water partition coefficient (Wildman–Crippen LogP) is 4.52. The zero-order valence-corrected chi connectivity index (χ0v) is 14.3. The van der Waals surface area contributed by atoms with Crippen molar-refractivity contribution in [1.82, 2.24) is 5.43 Å². The van der Waals surface area contributed by atoms with E-state index in [4.69, 9.17) is 23.2 Å². The van der Waals surface area contributed by atoms with E-state index < -0.39 is 5.82 Å². The van der Waals surface area contributed by atoms with Crippen LogP contribution >= 0.6 is 35.0 Å². The average molecular weight is 371 g/mol. The van der Waals surface area contributed by atoms with Crippen LogP contribution in [0.1, 0.15) is 11.1 Å². The highest BCUT2D eigenvalue weighted by molar-refractivity contribution is 7.99. The third-order valence-electron chi connectivity index (χ3n) is 2.83. The molecule has 2 aromatic rings. The third kappa shape index (κ3) is 5.53. The fourth-order valence-electron chi connectivity index (χ4n) is 1.70. The highest BCUT2D eigenvalue weighted by Crippen LogP contribution is 2.20. The van der Waals surface area contributed by atoms with Crippen molar-refractivity contribution < 1.29 is 9.18 Å². The maximum Gasteiger partial charge on any atom is 0.250 e. The Labute approximate surface area is 147 Å². The average Bonchev–Trinajstić information content (AvgIpc) is 2.52. The zero-order chi connectivity index (χ0) is 16.7. The lowest BCUT2D eigenvalue weighted by Crippen LogP contribution is -2.19. The van der Waals surface area contributed by atoms with E-state index >= 15 is 0 Å². The second-order valence-electron chi connectivity index (χ2n) is 4.51. The van der Waals surface area contributed by atoms with Crippen molar-refractivity contribution in [2.75, 3.05) is 5.75 Å². The van der Waals surface area contributed by atoms with Crippen LogP contribution in [0.2, 0.25) is 10.0 Å². The van der Waals surface area contributed by atoms with E-state index in [0.29, 0.717) is 10.8 Å². The summed E-state index contributed by atoms with van der Waals surface area (Å²) < 4.78 is 13.5. The van der Waals surface area contributed by atoms with E-state index in [2.05, 4.69) is 10.5 Å². The molecule has 7 heteroatoms. The van der Waals surface area contributed by atoms with Gasteiger partial charge in [-0.15, -0.1) is 11.8 Å². The molecule has 0 aliphatic heterocycles. The van der Waals surface area contributed by atoms with Crippen LogP contribution < -0.4 is 5.43 Å². The Bertz CT molecular complexity index is 705. The normalized spacial score (nSPS) is 10.9. The van der Waals surface area contributed by atoms with Crippen molar-refractivity contribution in [1.29, 1.82) is 0 Å². The Morgan fingerprint density at radius 1 is 1.17 bits per heavy atom. The van der Waals surface area contributed by atoms with Crippen LogP contribution in [0.3, 0.4) is 0 Å². The lowest BCUT2D eigenvalue weighted by atomic mass is 10.2. The van der Waals surface area contributed by atoms with Gasteiger partial charge in [-0.3, -0.25) is 4.79 Å². The Morgan fingerprint density at radius 2 is 1.91 bits per heavy atom. The molecule has 0 saturated heterocycles. The molecule has 2 rings (SSSR count). The Morgan fingerprint density at radius 3 is 2.65 bits per heavy atom. The molecule has 1 amide bonds. The first-order valence-corrected chi connectivity index (χ1v) is 8.56. The first kappa shape index (κ1) is 17.8. The standard InChI is InChI=1S/C16H13Cl2FN2OS/c17-13-5-2-1-4-11(13)9-23-10-16(22)21-20-8-12-14(18)6-3-7-15(12)19/h1-8H,9-10H2,(H,21,22)/b20-8+. The van der Waals surface area contributed by atoms with Gasteiger partial charge in [0.15, 0.2) is 0 Å². The molecule has 0 aromatic heterocycles. The van der Waals surface area contributed by atoms with E-state index in [9.17, 15) is 9.18 Å². The number of carbonyl (C=O) groups is 1. The molecule has 23 heavy (non-hydrogen) atoms. The van der Waals surface area contributed by atoms with Gasteiger partial charge >= 0.3 is 0 Å². The molecular formula is C16H13Cl2FN2OS. The number of benzene rings is 2. The van der Waals surface area contributed by atoms with E-state index in [1.165, 1.54) is 30.1 Å². The SMILES string of the molecule is O=C(CSCc1ccccc1Cl)N/N=C/c1c(F)cccc1Cl. The lowest BCUT2D eigenvalue weighted by Gasteiger charge is -2.03. The van der Waals surface area contributed by atoms with E-state index in [0.717, 1.165) is 5.56 Å². The maximum absolute atomic E-state index is 13.5. The van der Waals surface area contributed by atoms with Gasteiger partial charge in [0, 0.05) is 16.3 Å². The summed E-state index contributed by atoms with van der Waals surface area (Å²) in [6, 6.07) is 11.8. The molecule has 0 unspecified atom stereocenters. The second kappa shape index (κ2) is 8.91. The Hall–Kier alpha value is -1.56. The number of hydrazone groups is 1. The molecule has 0 aliphatic carbocycles. The molecule has 0 fully saturated rings. The van der Waals surface area contributed by atoms with Crippen LogP contribution in [-0.4, -0.2) is 17.9 Å². The summed E-state index contributed by atoms with van der Waals surface area (Å²) in [6.07, 6.45) is 1.19. The lowest BCUT2D eigenvalue weighted by molar-refractivity contribution is -0.118. The van der Waals surface area contributed by atoms with Crippen molar-refractivity contribution in [2.45, 2.75) is 5.75 Å². The first-order valence-electron chi connectivity index (χ1n) is 6.65. The van der Waals surface area contributed by atoms with Crippen LogP contribution in [0.4, 0.5) is 4.39 Å². The predicted molar refractivity (Wildman–Crippen MR) is 94.8 cm³/mol. The molecule has 0 bridgehead atoms. The molecule has 0 saturated carbocycles. The summed E-state index contributed by atoms with van der Waals surface area (Å²) in [6.45, 7) is 0. The minimum Gasteiger partial charge on any atom is -0.272 e. The van der Waals surface area contributed by atoms with Gasteiger partial charge in [0.05, 0.1) is 17.0 Å². The highest BCUT2D eigenvalue weighted by Gasteiger charge is 2.05. The summed E-state index contributed by atoms with van der Waals surface area (Å²) in [5, 5.41) is 4.62. The van der Waals surface area contributed by atoms with Crippen LogP contribution in [0.5, 0.6) is 0 Å². The summed E-state index contributed by atoms with van der Waals surface area (Å²) in [5.74, 6) is 0.0538. The number of thioether (sulfide) groups is 1. The van der Waals surface area contributed by atoms with Gasteiger partial charge in [-0.2, -0.15) is 5.10 Å². The number of nitrogens with zero attached hydrogens (tertiary/aromatic N) is 1. The molecule has 2 aromatic carbocycles. The number of hydrogen-bond acceptors (Lipinski definition) is 3. The largest absolute Gasteiger partial charge is 0.272 e. The Kier molecular flexibility index (Phi) is 6.89. The molecule has 0 aliphatic rings. The third-order valence-corrected chi connectivity index (χ3v) is 4.51. The smallest absolute Gasteiger partial charge is 0.250 e. The van der Waals surface area contributed by atoms with Crippen molar-refractivity contribution >= 4 is 47.1 Å². The molecule has 120 valence electrons. The maximum atomic E-state index is 13.5.